The highest BCUT2D eigenvalue weighted by Gasteiger charge is 2.21. The van der Waals surface area contributed by atoms with Gasteiger partial charge in [0.15, 0.2) is 0 Å². The van der Waals surface area contributed by atoms with Crippen LogP contribution in [0.1, 0.15) is 29.9 Å². The molecule has 1 heterocycles. The van der Waals surface area contributed by atoms with E-state index in [4.69, 9.17) is 0 Å². The molecule has 0 saturated carbocycles. The second kappa shape index (κ2) is 5.79. The maximum atomic E-state index is 9.20. The molecule has 0 aliphatic carbocycles. The average Bonchev–Trinajstić information content (AvgIpc) is 2.56. The van der Waals surface area contributed by atoms with Crippen molar-refractivity contribution < 1.29 is 0 Å². The molecule has 0 atom stereocenters. The van der Waals surface area contributed by atoms with Gasteiger partial charge in [-0.1, -0.05) is 42.5 Å². The van der Waals surface area contributed by atoms with Crippen LogP contribution in [0.25, 0.3) is 0 Å². The number of hydrogen-bond donors (Lipinski definition) is 0. The molecule has 0 bridgehead atoms. The molecule has 3 rings (SSSR count). The van der Waals surface area contributed by atoms with Gasteiger partial charge in [0.25, 0.3) is 0 Å². The number of anilines is 1. The van der Waals surface area contributed by atoms with Gasteiger partial charge in [-0.3, -0.25) is 0 Å². The molecular weight excluding hydrogens is 244 g/mol. The molecule has 0 amide bonds. The van der Waals surface area contributed by atoms with Crippen LogP contribution in [0.4, 0.5) is 5.69 Å². The molecule has 20 heavy (non-hydrogen) atoms. The van der Waals surface area contributed by atoms with E-state index in [1.165, 1.54) is 5.56 Å². The number of benzene rings is 2. The van der Waals surface area contributed by atoms with Crippen molar-refractivity contribution in [1.29, 1.82) is 5.26 Å². The van der Waals surface area contributed by atoms with Crippen LogP contribution in [-0.4, -0.2) is 13.1 Å². The zero-order chi connectivity index (χ0) is 13.8. The summed E-state index contributed by atoms with van der Waals surface area (Å²) in [6.45, 7) is 2.05. The lowest BCUT2D eigenvalue weighted by Gasteiger charge is -2.34. The maximum Gasteiger partial charge on any atom is 0.101 e. The summed E-state index contributed by atoms with van der Waals surface area (Å²) in [5.41, 5.74) is 3.31. The molecular formula is C18H18N2. The molecule has 0 aromatic heterocycles. The molecule has 0 spiro atoms. The minimum atomic E-state index is 0.654. The molecule has 2 nitrogen and oxygen atoms in total. The predicted molar refractivity (Wildman–Crippen MR) is 81.8 cm³/mol. The van der Waals surface area contributed by atoms with Crippen molar-refractivity contribution >= 4 is 5.69 Å². The normalized spacial score (nSPS) is 15.8. The lowest BCUT2D eigenvalue weighted by molar-refractivity contribution is 0.505. The van der Waals surface area contributed by atoms with E-state index in [1.54, 1.807) is 0 Å². The van der Waals surface area contributed by atoms with Gasteiger partial charge in [0.2, 0.25) is 0 Å². The zero-order valence-corrected chi connectivity index (χ0v) is 11.5. The Kier molecular flexibility index (Phi) is 3.69. The fourth-order valence-corrected chi connectivity index (χ4v) is 3.02. The molecule has 1 aliphatic heterocycles. The lowest BCUT2D eigenvalue weighted by Crippen LogP contribution is -2.33. The summed E-state index contributed by atoms with van der Waals surface area (Å²) in [5, 5.41) is 9.20. The second-order valence-electron chi connectivity index (χ2n) is 5.30. The number of rotatable bonds is 2. The first-order chi connectivity index (χ1) is 9.88. The molecule has 2 heteroatoms. The van der Waals surface area contributed by atoms with Crippen molar-refractivity contribution in [3.05, 3.63) is 65.7 Å². The van der Waals surface area contributed by atoms with Gasteiger partial charge in [-0.05, 0) is 36.5 Å². The van der Waals surface area contributed by atoms with Gasteiger partial charge < -0.3 is 4.90 Å². The van der Waals surface area contributed by atoms with Gasteiger partial charge in [-0.2, -0.15) is 5.26 Å². The lowest BCUT2D eigenvalue weighted by atomic mass is 9.89. The van der Waals surface area contributed by atoms with Crippen molar-refractivity contribution in [3.63, 3.8) is 0 Å². The van der Waals surface area contributed by atoms with Crippen molar-refractivity contribution in [2.75, 3.05) is 18.0 Å². The van der Waals surface area contributed by atoms with E-state index in [1.807, 2.05) is 18.2 Å². The molecule has 0 unspecified atom stereocenters. The Labute approximate surface area is 120 Å². The zero-order valence-electron chi connectivity index (χ0n) is 11.5. The van der Waals surface area contributed by atoms with Crippen LogP contribution in [0.5, 0.6) is 0 Å². The average molecular weight is 262 g/mol. The highest BCUT2D eigenvalue weighted by Crippen LogP contribution is 2.31. The van der Waals surface area contributed by atoms with Crippen LogP contribution in [0.2, 0.25) is 0 Å². The van der Waals surface area contributed by atoms with Gasteiger partial charge in [-0.15, -0.1) is 0 Å². The summed E-state index contributed by atoms with van der Waals surface area (Å²) in [4.78, 5) is 2.35. The third kappa shape index (κ3) is 2.53. The molecule has 2 aromatic carbocycles. The summed E-state index contributed by atoms with van der Waals surface area (Å²) < 4.78 is 0. The molecule has 1 aliphatic rings. The Morgan fingerprint density at radius 1 is 0.900 bits per heavy atom. The van der Waals surface area contributed by atoms with E-state index in [0.717, 1.165) is 37.2 Å². The number of nitrogens with zero attached hydrogens (tertiary/aromatic N) is 2. The highest BCUT2D eigenvalue weighted by molar-refractivity contribution is 5.59. The number of nitriles is 1. The van der Waals surface area contributed by atoms with Crippen molar-refractivity contribution in [1.82, 2.24) is 0 Å². The van der Waals surface area contributed by atoms with Gasteiger partial charge in [0.05, 0.1) is 11.3 Å². The standard InChI is InChI=1S/C18H18N2/c19-14-17-8-4-5-9-18(17)20-12-10-16(11-13-20)15-6-2-1-3-7-15/h1-9,16H,10-13H2. The van der Waals surface area contributed by atoms with Crippen LogP contribution < -0.4 is 4.90 Å². The van der Waals surface area contributed by atoms with E-state index >= 15 is 0 Å². The van der Waals surface area contributed by atoms with Gasteiger partial charge in [0, 0.05) is 13.1 Å². The smallest absolute Gasteiger partial charge is 0.101 e. The minimum absolute atomic E-state index is 0.654. The second-order valence-corrected chi connectivity index (χ2v) is 5.30. The van der Waals surface area contributed by atoms with Crippen LogP contribution in [0, 0.1) is 11.3 Å². The molecule has 100 valence electrons. The van der Waals surface area contributed by atoms with E-state index in [-0.39, 0.29) is 0 Å². The minimum Gasteiger partial charge on any atom is -0.370 e. The first kappa shape index (κ1) is 12.7. The summed E-state index contributed by atoms with van der Waals surface area (Å²) >= 11 is 0. The van der Waals surface area contributed by atoms with Gasteiger partial charge in [-0.25, -0.2) is 0 Å². The monoisotopic (exact) mass is 262 g/mol. The van der Waals surface area contributed by atoms with Crippen molar-refractivity contribution in [3.8, 4) is 6.07 Å². The van der Waals surface area contributed by atoms with E-state index < -0.39 is 0 Å². The summed E-state index contributed by atoms with van der Waals surface area (Å²) in [7, 11) is 0. The summed E-state index contributed by atoms with van der Waals surface area (Å²) in [6, 6.07) is 21.0. The van der Waals surface area contributed by atoms with E-state index in [2.05, 4.69) is 47.4 Å². The Balaban J connectivity index is 1.72. The SMILES string of the molecule is N#Cc1ccccc1N1CCC(c2ccccc2)CC1. The molecule has 0 N–H and O–H groups in total. The summed E-state index contributed by atoms with van der Waals surface area (Å²) in [5.74, 6) is 0.654. The molecule has 0 radical (unpaired) electrons. The first-order valence-electron chi connectivity index (χ1n) is 7.17. The van der Waals surface area contributed by atoms with Crippen molar-refractivity contribution in [2.24, 2.45) is 0 Å². The maximum absolute atomic E-state index is 9.20. The van der Waals surface area contributed by atoms with E-state index in [0.29, 0.717) is 5.92 Å². The quantitative estimate of drug-likeness (QED) is 0.819. The third-order valence-electron chi connectivity index (χ3n) is 4.13. The third-order valence-corrected chi connectivity index (χ3v) is 4.13. The Bertz CT molecular complexity index is 605. The predicted octanol–water partition coefficient (Wildman–Crippen LogP) is 3.94. The topological polar surface area (TPSA) is 27.0 Å². The molecule has 2 aromatic rings. The number of piperidine rings is 1. The Morgan fingerprint density at radius 2 is 1.55 bits per heavy atom. The highest BCUT2D eigenvalue weighted by atomic mass is 15.1. The fourth-order valence-electron chi connectivity index (χ4n) is 3.02. The first-order valence-corrected chi connectivity index (χ1v) is 7.17. The largest absolute Gasteiger partial charge is 0.370 e. The molecule has 1 saturated heterocycles. The van der Waals surface area contributed by atoms with Crippen LogP contribution in [-0.2, 0) is 0 Å². The Hall–Kier alpha value is -2.27. The van der Waals surface area contributed by atoms with Gasteiger partial charge in [0.1, 0.15) is 6.07 Å². The molecule has 1 fully saturated rings. The number of hydrogen-bond acceptors (Lipinski definition) is 2. The van der Waals surface area contributed by atoms with Crippen LogP contribution in [0.3, 0.4) is 0 Å². The summed E-state index contributed by atoms with van der Waals surface area (Å²) in [6.07, 6.45) is 2.31. The van der Waals surface area contributed by atoms with Crippen LogP contribution >= 0.6 is 0 Å². The van der Waals surface area contributed by atoms with E-state index in [9.17, 15) is 5.26 Å². The fraction of sp³-hybridized carbons (Fsp3) is 0.278. The Morgan fingerprint density at radius 3 is 2.25 bits per heavy atom. The number of para-hydroxylation sites is 1. The van der Waals surface area contributed by atoms with Crippen LogP contribution in [0.15, 0.2) is 54.6 Å². The van der Waals surface area contributed by atoms with Gasteiger partial charge >= 0.3 is 0 Å². The van der Waals surface area contributed by atoms with Crippen molar-refractivity contribution in [2.45, 2.75) is 18.8 Å².